The summed E-state index contributed by atoms with van der Waals surface area (Å²) >= 11 is 0. The summed E-state index contributed by atoms with van der Waals surface area (Å²) in [5, 5.41) is 4.26. The highest BCUT2D eigenvalue weighted by Crippen LogP contribution is 2.47. The van der Waals surface area contributed by atoms with Gasteiger partial charge in [0.15, 0.2) is 11.5 Å². The van der Waals surface area contributed by atoms with E-state index in [9.17, 15) is 0 Å². The smallest absolute Gasteiger partial charge is 0.305 e. The molecule has 4 aromatic rings. The van der Waals surface area contributed by atoms with E-state index in [1.54, 1.807) is 0 Å². The maximum absolute atomic E-state index is 6.36. The first-order valence-electron chi connectivity index (χ1n) is 8.94. The molecule has 27 heavy (non-hydrogen) atoms. The molecular weight excluding hydrogens is 338 g/mol. The lowest BCUT2D eigenvalue weighted by atomic mass is 10.00. The Kier molecular flexibility index (Phi) is 3.04. The first kappa shape index (κ1) is 14.8. The van der Waals surface area contributed by atoms with Crippen molar-refractivity contribution in [1.29, 1.82) is 0 Å². The Hall–Kier alpha value is -3.37. The second-order valence-corrected chi connectivity index (χ2v) is 6.64. The van der Waals surface area contributed by atoms with Crippen LogP contribution in [-0.2, 0) is 4.74 Å². The van der Waals surface area contributed by atoms with Crippen molar-refractivity contribution < 1.29 is 14.2 Å². The molecule has 0 saturated heterocycles. The van der Waals surface area contributed by atoms with Crippen LogP contribution in [0.25, 0.3) is 21.5 Å². The molecule has 2 bridgehead atoms. The van der Waals surface area contributed by atoms with Crippen LogP contribution in [0.3, 0.4) is 0 Å². The molecule has 4 aromatic carbocycles. The molecule has 0 N–H and O–H groups in total. The molecule has 0 radical (unpaired) electrons. The van der Waals surface area contributed by atoms with Crippen molar-refractivity contribution >= 4 is 27.3 Å². The molecule has 6 rings (SSSR count). The van der Waals surface area contributed by atoms with E-state index < -0.39 is 12.7 Å². The highest BCUT2D eigenvalue weighted by atomic mass is 16.8. The molecule has 4 nitrogen and oxygen atoms in total. The fourth-order valence-electron chi connectivity index (χ4n) is 3.85. The zero-order valence-corrected chi connectivity index (χ0v) is 14.3. The molecule has 2 aliphatic rings. The van der Waals surface area contributed by atoms with Crippen molar-refractivity contribution in [3.05, 3.63) is 84.4 Å². The minimum Gasteiger partial charge on any atom is -0.454 e. The van der Waals surface area contributed by atoms with Crippen LogP contribution < -0.4 is 9.47 Å². The minimum atomic E-state index is -0.712. The van der Waals surface area contributed by atoms with Gasteiger partial charge in [-0.3, -0.25) is 4.74 Å². The maximum atomic E-state index is 6.36. The van der Waals surface area contributed by atoms with Gasteiger partial charge in [-0.15, -0.1) is 0 Å². The van der Waals surface area contributed by atoms with Crippen molar-refractivity contribution in [3.63, 3.8) is 0 Å². The van der Waals surface area contributed by atoms with Crippen LogP contribution in [0.15, 0.2) is 83.9 Å². The fourth-order valence-corrected chi connectivity index (χ4v) is 3.85. The zero-order valence-electron chi connectivity index (χ0n) is 14.3. The Morgan fingerprint density at radius 2 is 1.15 bits per heavy atom. The summed E-state index contributed by atoms with van der Waals surface area (Å²) in [6.45, 7) is 0. The Morgan fingerprint density at radius 3 is 1.81 bits per heavy atom. The molecule has 2 heterocycles. The van der Waals surface area contributed by atoms with Crippen LogP contribution in [0.1, 0.15) is 5.56 Å². The summed E-state index contributed by atoms with van der Waals surface area (Å²) in [5.41, 5.74) is 1.73. The lowest BCUT2D eigenvalue weighted by Crippen LogP contribution is -2.26. The van der Waals surface area contributed by atoms with E-state index in [-0.39, 0.29) is 0 Å². The van der Waals surface area contributed by atoms with Gasteiger partial charge in [-0.2, -0.15) is 0 Å². The molecule has 2 unspecified atom stereocenters. The Labute approximate surface area is 155 Å². The summed E-state index contributed by atoms with van der Waals surface area (Å²) in [4.78, 5) is 4.61. The average molecular weight is 353 g/mol. The lowest BCUT2D eigenvalue weighted by Gasteiger charge is -2.19. The van der Waals surface area contributed by atoms with E-state index in [0.717, 1.165) is 32.8 Å². The predicted octanol–water partition coefficient (Wildman–Crippen LogP) is 4.89. The molecule has 0 amide bonds. The molecule has 2 aliphatic heterocycles. The molecule has 0 fully saturated rings. The van der Waals surface area contributed by atoms with E-state index in [1.807, 2.05) is 60.7 Å². The first-order valence-corrected chi connectivity index (χ1v) is 8.94. The van der Waals surface area contributed by atoms with Crippen LogP contribution in [-0.4, -0.2) is 18.4 Å². The summed E-state index contributed by atoms with van der Waals surface area (Å²) in [6.07, 6.45) is -1.31. The number of hydrogen-bond donors (Lipinski definition) is 0. The van der Waals surface area contributed by atoms with Gasteiger partial charge in [-0.1, -0.05) is 78.9 Å². The van der Waals surface area contributed by atoms with Gasteiger partial charge in [0.25, 0.3) is 0 Å². The van der Waals surface area contributed by atoms with Gasteiger partial charge in [-0.25, -0.2) is 4.99 Å². The van der Waals surface area contributed by atoms with Gasteiger partial charge in [-0.05, 0) is 10.8 Å². The zero-order chi connectivity index (χ0) is 17.8. The van der Waals surface area contributed by atoms with Gasteiger partial charge in [0.2, 0.25) is 6.29 Å². The third-order valence-corrected chi connectivity index (χ3v) is 5.06. The van der Waals surface area contributed by atoms with Gasteiger partial charge in [0.1, 0.15) is 5.71 Å². The number of hydrogen-bond acceptors (Lipinski definition) is 4. The van der Waals surface area contributed by atoms with Crippen molar-refractivity contribution in [2.24, 2.45) is 4.99 Å². The quantitative estimate of drug-likeness (QED) is 0.457. The molecule has 130 valence electrons. The Morgan fingerprint density at radius 1 is 0.593 bits per heavy atom. The first-order chi connectivity index (χ1) is 13.4. The van der Waals surface area contributed by atoms with Gasteiger partial charge >= 0.3 is 6.41 Å². The molecule has 2 atom stereocenters. The van der Waals surface area contributed by atoms with Crippen LogP contribution in [0.4, 0.5) is 0 Å². The standard InChI is InChI=1S/C23H15NO3/c1-2-8-14(9-3-1)19-22-25-20-17-12-6-4-10-15(17)16-11-5-7-13-18(16)21(20)26-23(24-19)27-22/h1-13,22-23H. The van der Waals surface area contributed by atoms with E-state index in [2.05, 4.69) is 23.2 Å². The normalized spacial score (nSPS) is 20.5. The second kappa shape index (κ2) is 5.56. The molecule has 4 heteroatoms. The van der Waals surface area contributed by atoms with Gasteiger partial charge in [0, 0.05) is 16.3 Å². The second-order valence-electron chi connectivity index (χ2n) is 6.64. The Balaban J connectivity index is 1.59. The Bertz CT molecular complexity index is 1220. The fraction of sp³-hybridized carbons (Fsp3) is 0.0870. The molecule has 0 spiro atoms. The van der Waals surface area contributed by atoms with E-state index in [0.29, 0.717) is 11.5 Å². The van der Waals surface area contributed by atoms with Gasteiger partial charge < -0.3 is 9.47 Å². The van der Waals surface area contributed by atoms with Crippen LogP contribution >= 0.6 is 0 Å². The molecule has 0 aromatic heterocycles. The lowest BCUT2D eigenvalue weighted by molar-refractivity contribution is -0.115. The number of ether oxygens (including phenoxy) is 3. The van der Waals surface area contributed by atoms with E-state index >= 15 is 0 Å². The number of rotatable bonds is 1. The topological polar surface area (TPSA) is 40.0 Å². The van der Waals surface area contributed by atoms with E-state index in [4.69, 9.17) is 14.2 Å². The molecule has 0 aliphatic carbocycles. The van der Waals surface area contributed by atoms with Crippen LogP contribution in [0.5, 0.6) is 11.5 Å². The summed E-state index contributed by atoms with van der Waals surface area (Å²) in [7, 11) is 0. The van der Waals surface area contributed by atoms with Crippen molar-refractivity contribution in [2.75, 3.05) is 0 Å². The third kappa shape index (κ3) is 2.17. The van der Waals surface area contributed by atoms with Crippen molar-refractivity contribution in [2.45, 2.75) is 12.7 Å². The monoisotopic (exact) mass is 353 g/mol. The number of benzene rings is 4. The number of nitrogens with zero attached hydrogens (tertiary/aromatic N) is 1. The largest absolute Gasteiger partial charge is 0.454 e. The number of aliphatic imine (C=N–C) groups is 1. The summed E-state index contributed by atoms with van der Waals surface area (Å²) < 4.78 is 18.5. The van der Waals surface area contributed by atoms with E-state index in [1.165, 1.54) is 0 Å². The van der Waals surface area contributed by atoms with Crippen molar-refractivity contribution in [1.82, 2.24) is 0 Å². The highest BCUT2D eigenvalue weighted by molar-refractivity contribution is 6.14. The summed E-state index contributed by atoms with van der Waals surface area (Å²) in [5.74, 6) is 1.40. The summed E-state index contributed by atoms with van der Waals surface area (Å²) in [6, 6.07) is 26.3. The predicted molar refractivity (Wildman–Crippen MR) is 104 cm³/mol. The SMILES string of the molecule is c1ccc(C2=NC3Oc4c(c5ccccc5c5ccccc45)OC2O3)cc1. The highest BCUT2D eigenvalue weighted by Gasteiger charge is 2.38. The third-order valence-electron chi connectivity index (χ3n) is 5.06. The molecule has 0 saturated carbocycles. The van der Waals surface area contributed by atoms with Crippen LogP contribution in [0.2, 0.25) is 0 Å². The maximum Gasteiger partial charge on any atom is 0.305 e. The van der Waals surface area contributed by atoms with Crippen LogP contribution in [0, 0.1) is 0 Å². The number of fused-ring (bicyclic) bond motifs is 8. The average Bonchev–Trinajstić information content (AvgIpc) is 3.02. The minimum absolute atomic E-state index is 0.594. The molecular formula is C23H15NO3. The van der Waals surface area contributed by atoms with Crippen molar-refractivity contribution in [3.8, 4) is 11.5 Å². The van der Waals surface area contributed by atoms with Gasteiger partial charge in [0.05, 0.1) is 0 Å².